The highest BCUT2D eigenvalue weighted by atomic mass is 32.1. The SMILES string of the molecule is CCc1ccsc1C1N(C)CCN1C.CCc1ccsc1C=O. The van der Waals surface area contributed by atoms with Crippen LogP contribution in [0.25, 0.3) is 0 Å². The summed E-state index contributed by atoms with van der Waals surface area (Å²) in [5, 5.41) is 4.16. The fourth-order valence-corrected chi connectivity index (χ4v) is 4.93. The van der Waals surface area contributed by atoms with Crippen LogP contribution in [-0.4, -0.2) is 43.3 Å². The van der Waals surface area contributed by atoms with Crippen molar-refractivity contribution in [1.82, 2.24) is 9.80 Å². The van der Waals surface area contributed by atoms with E-state index in [1.807, 2.05) is 22.8 Å². The van der Waals surface area contributed by atoms with Gasteiger partial charge in [0.2, 0.25) is 0 Å². The number of rotatable bonds is 4. The van der Waals surface area contributed by atoms with Crippen molar-refractivity contribution in [3.63, 3.8) is 0 Å². The summed E-state index contributed by atoms with van der Waals surface area (Å²) in [7, 11) is 4.43. The third kappa shape index (κ3) is 4.29. The molecule has 1 aliphatic heterocycles. The first-order valence-corrected chi connectivity index (χ1v) is 9.86. The summed E-state index contributed by atoms with van der Waals surface area (Å²) in [6.45, 7) is 6.65. The first kappa shape index (κ1) is 18.3. The molecule has 0 spiro atoms. The van der Waals surface area contributed by atoms with E-state index in [-0.39, 0.29) is 0 Å². The highest BCUT2D eigenvalue weighted by Gasteiger charge is 2.29. The smallest absolute Gasteiger partial charge is 0.160 e. The van der Waals surface area contributed by atoms with E-state index in [0.29, 0.717) is 6.17 Å². The Morgan fingerprint density at radius 1 is 1.04 bits per heavy atom. The van der Waals surface area contributed by atoms with Crippen molar-refractivity contribution in [1.29, 1.82) is 0 Å². The predicted octanol–water partition coefficient (Wildman–Crippen LogP) is 4.31. The minimum atomic E-state index is 0.518. The number of likely N-dealkylation sites (N-methyl/N-ethyl adjacent to an activating group) is 2. The minimum Gasteiger partial charge on any atom is -0.297 e. The molecular formula is C18H26N2OS2. The summed E-state index contributed by atoms with van der Waals surface area (Å²) in [6.07, 6.45) is 3.54. The maximum atomic E-state index is 10.3. The Morgan fingerprint density at radius 2 is 1.61 bits per heavy atom. The van der Waals surface area contributed by atoms with Gasteiger partial charge in [0.25, 0.3) is 0 Å². The van der Waals surface area contributed by atoms with Gasteiger partial charge in [-0.25, -0.2) is 0 Å². The molecule has 0 N–H and O–H groups in total. The van der Waals surface area contributed by atoms with Gasteiger partial charge in [-0.05, 0) is 61.0 Å². The highest BCUT2D eigenvalue weighted by molar-refractivity contribution is 7.11. The van der Waals surface area contributed by atoms with E-state index in [4.69, 9.17) is 0 Å². The molecule has 2 aromatic rings. The van der Waals surface area contributed by atoms with Crippen LogP contribution in [-0.2, 0) is 12.8 Å². The molecule has 0 amide bonds. The van der Waals surface area contributed by atoms with Crippen LogP contribution in [0.1, 0.15) is 45.7 Å². The van der Waals surface area contributed by atoms with E-state index in [1.165, 1.54) is 34.9 Å². The summed E-state index contributed by atoms with van der Waals surface area (Å²) in [4.78, 5) is 17.5. The lowest BCUT2D eigenvalue weighted by Crippen LogP contribution is -2.25. The standard InChI is InChI=1S/C11H18N2S.C7H8OS/c1-4-9-5-8-14-10(9)11-12(2)6-7-13(11)3;1-2-6-3-4-9-7(6)5-8/h5,8,11H,4,6-7H2,1-3H3;3-5H,2H2,1H3. The lowest BCUT2D eigenvalue weighted by atomic mass is 10.2. The van der Waals surface area contributed by atoms with Crippen LogP contribution >= 0.6 is 22.7 Å². The molecule has 1 fully saturated rings. The highest BCUT2D eigenvalue weighted by Crippen LogP contribution is 2.33. The van der Waals surface area contributed by atoms with Gasteiger partial charge in [-0.1, -0.05) is 13.8 Å². The van der Waals surface area contributed by atoms with E-state index in [1.54, 1.807) is 0 Å². The molecule has 3 rings (SSSR count). The fraction of sp³-hybridized carbons (Fsp3) is 0.500. The minimum absolute atomic E-state index is 0.518. The van der Waals surface area contributed by atoms with Crippen LogP contribution in [0.5, 0.6) is 0 Å². The van der Waals surface area contributed by atoms with Crippen LogP contribution in [0.3, 0.4) is 0 Å². The van der Waals surface area contributed by atoms with Crippen molar-refractivity contribution < 1.29 is 4.79 Å². The lowest BCUT2D eigenvalue weighted by molar-refractivity contribution is 0.112. The maximum absolute atomic E-state index is 10.3. The number of carbonyl (C=O) groups excluding carboxylic acids is 1. The molecule has 0 aromatic carbocycles. The van der Waals surface area contributed by atoms with Gasteiger partial charge in [-0.15, -0.1) is 22.7 Å². The van der Waals surface area contributed by atoms with Crippen molar-refractivity contribution in [3.05, 3.63) is 43.8 Å². The third-order valence-corrected chi connectivity index (χ3v) is 6.19. The third-order valence-electron chi connectivity index (χ3n) is 4.31. The van der Waals surface area contributed by atoms with E-state index >= 15 is 0 Å². The van der Waals surface area contributed by atoms with Crippen LogP contribution in [0.15, 0.2) is 22.9 Å². The Labute approximate surface area is 147 Å². The van der Waals surface area contributed by atoms with Crippen molar-refractivity contribution >= 4 is 29.0 Å². The van der Waals surface area contributed by atoms with Gasteiger partial charge in [0, 0.05) is 18.0 Å². The Kier molecular flexibility index (Phi) is 6.96. The molecule has 1 aliphatic rings. The molecule has 126 valence electrons. The quantitative estimate of drug-likeness (QED) is 0.768. The summed E-state index contributed by atoms with van der Waals surface area (Å²) >= 11 is 3.40. The number of thiophene rings is 2. The van der Waals surface area contributed by atoms with Crippen molar-refractivity contribution in [2.75, 3.05) is 27.2 Å². The van der Waals surface area contributed by atoms with Gasteiger partial charge < -0.3 is 0 Å². The van der Waals surface area contributed by atoms with Gasteiger partial charge in [-0.3, -0.25) is 14.6 Å². The molecule has 2 aromatic heterocycles. The Bertz CT molecular complexity index is 610. The van der Waals surface area contributed by atoms with Crippen molar-refractivity contribution in [3.8, 4) is 0 Å². The van der Waals surface area contributed by atoms with Gasteiger partial charge in [0.1, 0.15) is 0 Å². The zero-order chi connectivity index (χ0) is 16.8. The second-order valence-electron chi connectivity index (χ2n) is 5.78. The van der Waals surface area contributed by atoms with Gasteiger partial charge in [0.05, 0.1) is 11.0 Å². The average Bonchev–Trinajstić information content (AvgIpc) is 3.27. The zero-order valence-corrected chi connectivity index (χ0v) is 16.0. The molecular weight excluding hydrogens is 324 g/mol. The molecule has 0 bridgehead atoms. The van der Waals surface area contributed by atoms with E-state index in [9.17, 15) is 4.79 Å². The number of aldehydes is 1. The van der Waals surface area contributed by atoms with Crippen molar-refractivity contribution in [2.24, 2.45) is 0 Å². The summed E-state index contributed by atoms with van der Waals surface area (Å²) in [6, 6.07) is 4.26. The second-order valence-corrected chi connectivity index (χ2v) is 7.68. The maximum Gasteiger partial charge on any atom is 0.160 e. The zero-order valence-electron chi connectivity index (χ0n) is 14.4. The Hall–Kier alpha value is -1.01. The molecule has 0 unspecified atom stereocenters. The van der Waals surface area contributed by atoms with E-state index < -0.39 is 0 Å². The van der Waals surface area contributed by atoms with Crippen LogP contribution in [0.2, 0.25) is 0 Å². The van der Waals surface area contributed by atoms with E-state index in [2.05, 4.69) is 49.2 Å². The van der Waals surface area contributed by atoms with Crippen molar-refractivity contribution in [2.45, 2.75) is 32.9 Å². The number of nitrogens with zero attached hydrogens (tertiary/aromatic N) is 2. The van der Waals surface area contributed by atoms with Gasteiger partial charge >= 0.3 is 0 Å². The number of carbonyl (C=O) groups is 1. The van der Waals surface area contributed by atoms with Gasteiger partial charge in [-0.2, -0.15) is 0 Å². The Balaban J connectivity index is 0.000000185. The van der Waals surface area contributed by atoms with Crippen LogP contribution < -0.4 is 0 Å². The molecule has 3 nitrogen and oxygen atoms in total. The van der Waals surface area contributed by atoms with Crippen LogP contribution in [0.4, 0.5) is 0 Å². The summed E-state index contributed by atoms with van der Waals surface area (Å²) < 4.78 is 0. The molecule has 0 atom stereocenters. The average molecular weight is 351 g/mol. The number of aryl methyl sites for hydroxylation is 2. The first-order valence-electron chi connectivity index (χ1n) is 8.10. The molecule has 0 aliphatic carbocycles. The topological polar surface area (TPSA) is 23.6 Å². The fourth-order valence-electron chi connectivity index (χ4n) is 2.91. The molecule has 0 radical (unpaired) electrons. The largest absolute Gasteiger partial charge is 0.297 e. The molecule has 23 heavy (non-hydrogen) atoms. The molecule has 5 heteroatoms. The molecule has 0 saturated carbocycles. The monoisotopic (exact) mass is 350 g/mol. The summed E-state index contributed by atoms with van der Waals surface area (Å²) in [5.41, 5.74) is 2.68. The summed E-state index contributed by atoms with van der Waals surface area (Å²) in [5.74, 6) is 0. The second kappa shape index (κ2) is 8.73. The molecule has 1 saturated heterocycles. The normalized spacial score (nSPS) is 16.3. The van der Waals surface area contributed by atoms with E-state index in [0.717, 1.165) is 29.6 Å². The Morgan fingerprint density at radius 3 is 2.13 bits per heavy atom. The first-order chi connectivity index (χ1) is 11.1. The number of hydrogen-bond donors (Lipinski definition) is 0. The van der Waals surface area contributed by atoms with Crippen LogP contribution in [0, 0.1) is 0 Å². The number of hydrogen-bond acceptors (Lipinski definition) is 5. The predicted molar refractivity (Wildman–Crippen MR) is 101 cm³/mol. The molecule has 3 heterocycles. The lowest BCUT2D eigenvalue weighted by Gasteiger charge is -2.24. The van der Waals surface area contributed by atoms with Gasteiger partial charge in [0.15, 0.2) is 6.29 Å².